The number of ether oxygens (including phenoxy) is 1. The molecular formula is C17H27ClN4O2. The minimum atomic E-state index is -0.451. The first-order chi connectivity index (χ1) is 11.2. The van der Waals surface area contributed by atoms with E-state index < -0.39 is 5.60 Å². The van der Waals surface area contributed by atoms with E-state index in [4.69, 9.17) is 16.3 Å². The van der Waals surface area contributed by atoms with Crippen LogP contribution in [-0.4, -0.2) is 58.1 Å². The first-order valence-corrected chi connectivity index (χ1v) is 8.74. The molecule has 0 bridgehead atoms. The van der Waals surface area contributed by atoms with Crippen molar-refractivity contribution in [2.45, 2.75) is 45.8 Å². The predicted molar refractivity (Wildman–Crippen MR) is 93.9 cm³/mol. The van der Waals surface area contributed by atoms with E-state index in [9.17, 15) is 4.79 Å². The molecule has 1 aliphatic rings. The highest BCUT2D eigenvalue weighted by molar-refractivity contribution is 6.28. The molecule has 1 aliphatic heterocycles. The normalized spacial score (nSPS) is 18.8. The Morgan fingerprint density at radius 2 is 2.25 bits per heavy atom. The van der Waals surface area contributed by atoms with Crippen molar-refractivity contribution in [2.24, 2.45) is 5.92 Å². The number of carbonyl (C=O) groups excluding carboxylic acids is 1. The lowest BCUT2D eigenvalue weighted by molar-refractivity contribution is 0.0147. The van der Waals surface area contributed by atoms with E-state index in [1.807, 2.05) is 31.7 Å². The van der Waals surface area contributed by atoms with E-state index in [0.717, 1.165) is 38.2 Å². The molecule has 2 rings (SSSR count). The third-order valence-electron chi connectivity index (χ3n) is 3.86. The zero-order chi connectivity index (χ0) is 17.7. The molecular weight excluding hydrogens is 328 g/mol. The molecule has 0 radical (unpaired) electrons. The summed E-state index contributed by atoms with van der Waals surface area (Å²) in [7, 11) is 2.06. The topological polar surface area (TPSA) is 58.6 Å². The number of likely N-dealkylation sites (tertiary alicyclic amines) is 1. The quantitative estimate of drug-likeness (QED) is 0.777. The van der Waals surface area contributed by atoms with Crippen molar-refractivity contribution in [3.05, 3.63) is 23.2 Å². The Bertz CT molecular complexity index is 562. The Labute approximate surface area is 149 Å². The van der Waals surface area contributed by atoms with Gasteiger partial charge in [0.05, 0.1) is 5.69 Å². The van der Waals surface area contributed by atoms with E-state index in [0.29, 0.717) is 12.5 Å². The minimum absolute atomic E-state index is 0.211. The third-order valence-corrected chi connectivity index (χ3v) is 4.04. The first-order valence-electron chi connectivity index (χ1n) is 8.37. The van der Waals surface area contributed by atoms with Crippen molar-refractivity contribution in [2.75, 3.05) is 26.7 Å². The molecule has 1 atom stereocenters. The van der Waals surface area contributed by atoms with Crippen LogP contribution in [0.25, 0.3) is 0 Å². The van der Waals surface area contributed by atoms with Gasteiger partial charge in [0.2, 0.25) is 5.28 Å². The van der Waals surface area contributed by atoms with Crippen molar-refractivity contribution >= 4 is 17.7 Å². The van der Waals surface area contributed by atoms with Crippen molar-refractivity contribution in [1.82, 2.24) is 19.8 Å². The molecule has 1 amide bonds. The standard InChI is InChI=1S/C17H27ClN4O2/c1-17(2,3)24-16(23)22-9-5-6-13(11-22)10-21(4)12-14-7-8-19-15(18)20-14/h7-8,13H,5-6,9-12H2,1-4H3. The molecule has 1 saturated heterocycles. The van der Waals surface area contributed by atoms with Gasteiger partial charge in [-0.25, -0.2) is 14.8 Å². The number of hydrogen-bond acceptors (Lipinski definition) is 5. The second-order valence-electron chi connectivity index (χ2n) is 7.45. The van der Waals surface area contributed by atoms with E-state index >= 15 is 0 Å². The molecule has 1 aromatic heterocycles. The van der Waals surface area contributed by atoms with Crippen molar-refractivity contribution in [1.29, 1.82) is 0 Å². The van der Waals surface area contributed by atoms with Crippen molar-refractivity contribution in [3.63, 3.8) is 0 Å². The first kappa shape index (κ1) is 18.9. The summed E-state index contributed by atoms with van der Waals surface area (Å²) >= 11 is 5.83. The molecule has 1 aromatic rings. The van der Waals surface area contributed by atoms with Crippen LogP contribution in [0.1, 0.15) is 39.3 Å². The monoisotopic (exact) mass is 354 g/mol. The Hall–Kier alpha value is -1.40. The summed E-state index contributed by atoms with van der Waals surface area (Å²) in [6.45, 7) is 8.82. The van der Waals surface area contributed by atoms with Crippen LogP contribution in [0.15, 0.2) is 12.3 Å². The maximum atomic E-state index is 12.2. The van der Waals surface area contributed by atoms with E-state index in [1.165, 1.54) is 0 Å². The number of carbonyl (C=O) groups is 1. The van der Waals surface area contributed by atoms with Crippen LogP contribution in [0.5, 0.6) is 0 Å². The summed E-state index contributed by atoms with van der Waals surface area (Å²) in [4.78, 5) is 24.4. The number of piperidine rings is 1. The Balaban J connectivity index is 1.84. The molecule has 0 spiro atoms. The lowest BCUT2D eigenvalue weighted by Gasteiger charge is -2.35. The van der Waals surface area contributed by atoms with Crippen molar-refractivity contribution < 1.29 is 9.53 Å². The SMILES string of the molecule is CN(Cc1ccnc(Cl)n1)CC1CCCN(C(=O)OC(C)(C)C)C1. The van der Waals surface area contributed by atoms with Crippen molar-refractivity contribution in [3.8, 4) is 0 Å². The molecule has 2 heterocycles. The van der Waals surface area contributed by atoms with Gasteiger partial charge in [-0.1, -0.05) is 0 Å². The van der Waals surface area contributed by atoms with Crippen LogP contribution in [0.3, 0.4) is 0 Å². The maximum absolute atomic E-state index is 12.2. The number of nitrogens with zero attached hydrogens (tertiary/aromatic N) is 4. The summed E-state index contributed by atoms with van der Waals surface area (Å²) in [5, 5.41) is 0.273. The molecule has 0 saturated carbocycles. The molecule has 134 valence electrons. The van der Waals surface area contributed by atoms with Gasteiger partial charge in [0.1, 0.15) is 5.60 Å². The fraction of sp³-hybridized carbons (Fsp3) is 0.706. The fourth-order valence-electron chi connectivity index (χ4n) is 2.95. The summed E-state index contributed by atoms with van der Waals surface area (Å²) in [5.74, 6) is 0.438. The molecule has 0 N–H and O–H groups in total. The van der Waals surface area contributed by atoms with E-state index in [2.05, 4.69) is 21.9 Å². The Morgan fingerprint density at radius 3 is 2.92 bits per heavy atom. The molecule has 0 aliphatic carbocycles. The highest BCUT2D eigenvalue weighted by Crippen LogP contribution is 2.20. The number of rotatable bonds is 4. The second-order valence-corrected chi connectivity index (χ2v) is 7.79. The van der Waals surface area contributed by atoms with Gasteiger partial charge in [0.25, 0.3) is 0 Å². The second kappa shape index (κ2) is 8.12. The maximum Gasteiger partial charge on any atom is 0.410 e. The summed E-state index contributed by atoms with van der Waals surface area (Å²) < 4.78 is 5.48. The minimum Gasteiger partial charge on any atom is -0.444 e. The van der Waals surface area contributed by atoms with Gasteiger partial charge in [0.15, 0.2) is 0 Å². The summed E-state index contributed by atoms with van der Waals surface area (Å²) in [6.07, 6.45) is 3.59. The number of hydrogen-bond donors (Lipinski definition) is 0. The lowest BCUT2D eigenvalue weighted by atomic mass is 9.98. The molecule has 6 nitrogen and oxygen atoms in total. The fourth-order valence-corrected chi connectivity index (χ4v) is 3.11. The number of halogens is 1. The van der Waals surface area contributed by atoms with Gasteiger partial charge in [0, 0.05) is 32.4 Å². The largest absolute Gasteiger partial charge is 0.444 e. The van der Waals surface area contributed by atoms with Crippen LogP contribution < -0.4 is 0 Å². The number of amides is 1. The van der Waals surface area contributed by atoms with E-state index in [1.54, 1.807) is 6.20 Å². The summed E-state index contributed by atoms with van der Waals surface area (Å²) in [6, 6.07) is 1.87. The Kier molecular flexibility index (Phi) is 6.40. The van der Waals surface area contributed by atoms with Gasteiger partial charge < -0.3 is 14.5 Å². The molecule has 0 aromatic carbocycles. The average Bonchev–Trinajstić information content (AvgIpc) is 2.45. The number of aromatic nitrogens is 2. The average molecular weight is 355 g/mol. The van der Waals surface area contributed by atoms with Gasteiger partial charge in [-0.05, 0) is 64.2 Å². The zero-order valence-electron chi connectivity index (χ0n) is 15.0. The van der Waals surface area contributed by atoms with Gasteiger partial charge in [-0.15, -0.1) is 0 Å². The molecule has 1 fully saturated rings. The van der Waals surface area contributed by atoms with Gasteiger partial charge >= 0.3 is 6.09 Å². The van der Waals surface area contributed by atoms with Gasteiger partial charge in [-0.2, -0.15) is 0 Å². The smallest absolute Gasteiger partial charge is 0.410 e. The molecule has 1 unspecified atom stereocenters. The molecule has 24 heavy (non-hydrogen) atoms. The van der Waals surface area contributed by atoms with Crippen LogP contribution in [0.2, 0.25) is 5.28 Å². The van der Waals surface area contributed by atoms with Crippen LogP contribution >= 0.6 is 11.6 Å². The van der Waals surface area contributed by atoms with Crippen LogP contribution in [-0.2, 0) is 11.3 Å². The Morgan fingerprint density at radius 1 is 1.50 bits per heavy atom. The third kappa shape index (κ3) is 6.24. The van der Waals surface area contributed by atoms with E-state index in [-0.39, 0.29) is 11.4 Å². The highest BCUT2D eigenvalue weighted by atomic mass is 35.5. The van der Waals surface area contributed by atoms with Crippen LogP contribution in [0, 0.1) is 5.92 Å². The zero-order valence-corrected chi connectivity index (χ0v) is 15.7. The highest BCUT2D eigenvalue weighted by Gasteiger charge is 2.28. The van der Waals surface area contributed by atoms with Gasteiger partial charge in [-0.3, -0.25) is 0 Å². The molecule has 7 heteroatoms. The lowest BCUT2D eigenvalue weighted by Crippen LogP contribution is -2.45. The summed E-state index contributed by atoms with van der Waals surface area (Å²) in [5.41, 5.74) is 0.449. The van der Waals surface area contributed by atoms with Crippen LogP contribution in [0.4, 0.5) is 4.79 Å². The predicted octanol–water partition coefficient (Wildman–Crippen LogP) is 3.21.